The topological polar surface area (TPSA) is 226 Å². The summed E-state index contributed by atoms with van der Waals surface area (Å²) in [5, 5.41) is 45.9. The molecule has 11 atom stereocenters. The van der Waals surface area contributed by atoms with Crippen molar-refractivity contribution < 1.29 is 77.8 Å². The molecule has 3 rings (SSSR count). The molecule has 16 heteroatoms. The van der Waals surface area contributed by atoms with E-state index in [-0.39, 0.29) is 61.1 Å². The zero-order valence-electron chi connectivity index (χ0n) is 46.9. The summed E-state index contributed by atoms with van der Waals surface area (Å²) in [5.74, 6) is -0.588. The highest BCUT2D eigenvalue weighted by molar-refractivity contribution is 5.70. The molecule has 430 valence electrons. The van der Waals surface area contributed by atoms with Crippen LogP contribution in [0.5, 0.6) is 0 Å². The van der Waals surface area contributed by atoms with Crippen LogP contribution in [0.1, 0.15) is 164 Å². The van der Waals surface area contributed by atoms with Crippen molar-refractivity contribution in [2.75, 3.05) is 53.9 Å². The van der Waals surface area contributed by atoms with Crippen LogP contribution in [-0.2, 0) is 52.3 Å². The molecule has 3 heterocycles. The summed E-state index contributed by atoms with van der Waals surface area (Å²) in [6.07, 6.45) is 24.6. The van der Waals surface area contributed by atoms with Gasteiger partial charge in [-0.25, -0.2) is 0 Å². The number of aldehydes is 1. The number of methoxy groups -OCH3 is 2. The van der Waals surface area contributed by atoms with Gasteiger partial charge in [0.25, 0.3) is 0 Å². The number of hydrogen-bond acceptors (Lipinski definition) is 16. The fourth-order valence-electron chi connectivity index (χ4n) is 6.59. The van der Waals surface area contributed by atoms with E-state index in [1.54, 1.807) is 24.3 Å². The number of rotatable bonds is 25. The zero-order chi connectivity index (χ0) is 56.1. The summed E-state index contributed by atoms with van der Waals surface area (Å²) >= 11 is 0. The molecule has 0 aromatic heterocycles. The van der Waals surface area contributed by atoms with Crippen molar-refractivity contribution in [3.63, 3.8) is 0 Å². The van der Waals surface area contributed by atoms with Gasteiger partial charge in [-0.1, -0.05) is 84.9 Å². The van der Waals surface area contributed by atoms with E-state index < -0.39 is 12.2 Å². The Kier molecular flexibility index (Phi) is 59.2. The number of carbonyl (C=O) groups is 3. The van der Waals surface area contributed by atoms with Gasteiger partial charge in [-0.3, -0.25) is 9.59 Å². The lowest BCUT2D eigenvalue weighted by atomic mass is 10.1. The average Bonchev–Trinajstić information content (AvgIpc) is 3.87. The Labute approximate surface area is 442 Å². The van der Waals surface area contributed by atoms with Gasteiger partial charge in [0, 0.05) is 32.5 Å². The lowest BCUT2D eigenvalue weighted by Crippen LogP contribution is -2.18. The molecule has 0 saturated carbocycles. The van der Waals surface area contributed by atoms with E-state index in [2.05, 4.69) is 56.6 Å². The van der Waals surface area contributed by atoms with Gasteiger partial charge >= 0.3 is 11.9 Å². The Morgan fingerprint density at radius 3 is 1.47 bits per heavy atom. The fraction of sp³-hybridized carbons (Fsp3) is 0.772. The minimum absolute atomic E-state index is 0.0459. The Bertz CT molecular complexity index is 1290. The first-order valence-corrected chi connectivity index (χ1v) is 26.8. The molecule has 2 fully saturated rings. The van der Waals surface area contributed by atoms with Gasteiger partial charge in [-0.05, 0) is 83.5 Å². The molecular formula is C57H106O16. The van der Waals surface area contributed by atoms with Crippen molar-refractivity contribution in [1.29, 1.82) is 0 Å². The van der Waals surface area contributed by atoms with Gasteiger partial charge in [0.05, 0.1) is 121 Å². The van der Waals surface area contributed by atoms with Crippen molar-refractivity contribution in [2.24, 2.45) is 0 Å². The summed E-state index contributed by atoms with van der Waals surface area (Å²) < 4.78 is 41.1. The minimum atomic E-state index is -0.544. The monoisotopic (exact) mass is 1050 g/mol. The maximum Gasteiger partial charge on any atom is 0.308 e. The summed E-state index contributed by atoms with van der Waals surface area (Å²) in [6.45, 7) is 32.0. The van der Waals surface area contributed by atoms with Crippen molar-refractivity contribution in [1.82, 2.24) is 0 Å². The van der Waals surface area contributed by atoms with Crippen LogP contribution >= 0.6 is 0 Å². The second-order valence-electron chi connectivity index (χ2n) is 17.5. The first kappa shape index (κ1) is 76.4. The van der Waals surface area contributed by atoms with E-state index in [9.17, 15) is 34.8 Å². The molecule has 2 saturated heterocycles. The van der Waals surface area contributed by atoms with Crippen LogP contribution in [0.4, 0.5) is 0 Å². The number of ether oxygens (including phenoxy) is 8. The summed E-state index contributed by atoms with van der Waals surface area (Å²) in [7, 11) is 2.69. The lowest BCUT2D eigenvalue weighted by Gasteiger charge is -2.16. The second-order valence-corrected chi connectivity index (χ2v) is 17.5. The maximum atomic E-state index is 10.8. The third-order valence-electron chi connectivity index (χ3n) is 11.4. The van der Waals surface area contributed by atoms with Crippen LogP contribution in [0, 0.1) is 0 Å². The van der Waals surface area contributed by atoms with Gasteiger partial charge in [0.1, 0.15) is 6.29 Å². The van der Waals surface area contributed by atoms with E-state index >= 15 is 0 Å². The highest BCUT2D eigenvalue weighted by atomic mass is 16.5. The highest BCUT2D eigenvalue weighted by Gasteiger charge is 2.18. The standard InChI is InChI=1S/C10H18O2.C9H16O3.2C8H16O2.2C8H14O2.C6H12O3/c1-4-7-12-10(6-3)8-9(11)5-2;1-4-6-12-8(5-2)7-9(10)11-3;3*1-2-8-6-7(9)4-3-5-10-8;1-3-7-10-8(4-2)5-6-9;1-3-5(7)4-6(8)9-2/h4-5,9-11H,1-2,6-8H2,3H3;4,8H,1,5-7H2,2-3H3;2*7-9H,2-6H2,1H3;3-4,7-9H,2,5-6H2,1H3;3,6,8H,1,4-5,7H2,2H3;5,7H,3-4H2,1-2H3/t9?,10-;8-;7-,8+;7-,8-;7?,8-;8-;5-/m0010000/s1. The molecular weight excluding hydrogens is 941 g/mol. The van der Waals surface area contributed by atoms with Crippen molar-refractivity contribution in [2.45, 2.75) is 231 Å². The number of esters is 2. The van der Waals surface area contributed by atoms with E-state index in [0.29, 0.717) is 64.3 Å². The smallest absolute Gasteiger partial charge is 0.308 e. The van der Waals surface area contributed by atoms with Crippen LogP contribution in [0.3, 0.4) is 0 Å². The van der Waals surface area contributed by atoms with Gasteiger partial charge in [0.15, 0.2) is 0 Å². The molecule has 0 bridgehead atoms. The molecule has 0 aromatic rings. The number of aliphatic hydroxyl groups excluding tert-OH is 5. The third-order valence-corrected chi connectivity index (χ3v) is 11.4. The molecule has 16 nitrogen and oxygen atoms in total. The third kappa shape index (κ3) is 52.1. The summed E-state index contributed by atoms with van der Waals surface area (Å²) in [4.78, 5) is 31.2. The SMILES string of the molecule is C=CCO[C@@H](CC)CC(=O)OC.C=CCO[C@@H](CC)CC(O)C=C.C=CCO[C@@H](CC)CC=O.CC[C@H](O)CC(=O)OC.CC[C@H]1CC(O)C=CCO1.CC[C@H]1C[C@@H](O)CCCO1.CC[C@H]1C[C@H](O)CCCO1. The van der Waals surface area contributed by atoms with E-state index in [0.717, 1.165) is 103 Å². The summed E-state index contributed by atoms with van der Waals surface area (Å²) in [6, 6.07) is 0. The fourth-order valence-corrected chi connectivity index (χ4v) is 6.59. The Hall–Kier alpha value is -3.13. The predicted octanol–water partition coefficient (Wildman–Crippen LogP) is 9.07. The lowest BCUT2D eigenvalue weighted by molar-refractivity contribution is -0.144. The van der Waals surface area contributed by atoms with Gasteiger partial charge in [-0.15, -0.1) is 26.3 Å². The van der Waals surface area contributed by atoms with Crippen LogP contribution in [0.25, 0.3) is 0 Å². The number of hydrogen-bond donors (Lipinski definition) is 5. The zero-order valence-corrected chi connectivity index (χ0v) is 46.9. The first-order valence-electron chi connectivity index (χ1n) is 26.8. The Morgan fingerprint density at radius 2 is 1.07 bits per heavy atom. The average molecular weight is 1050 g/mol. The molecule has 0 amide bonds. The van der Waals surface area contributed by atoms with Crippen LogP contribution in [-0.4, -0.2) is 165 Å². The van der Waals surface area contributed by atoms with Gasteiger partial charge in [0.2, 0.25) is 0 Å². The van der Waals surface area contributed by atoms with E-state index in [4.69, 9.17) is 33.5 Å². The van der Waals surface area contributed by atoms with Crippen LogP contribution < -0.4 is 0 Å². The second kappa shape index (κ2) is 56.6. The molecule has 0 spiro atoms. The van der Waals surface area contributed by atoms with Crippen molar-refractivity contribution in [3.8, 4) is 0 Å². The normalized spacial score (nSPS) is 22.1. The molecule has 3 aliphatic rings. The van der Waals surface area contributed by atoms with Gasteiger partial charge < -0.3 is 68.2 Å². The van der Waals surface area contributed by atoms with Crippen LogP contribution in [0.15, 0.2) is 62.8 Å². The quantitative estimate of drug-likeness (QED) is 0.0326. The highest BCUT2D eigenvalue weighted by Crippen LogP contribution is 2.17. The first-order chi connectivity index (χ1) is 35.0. The molecule has 0 aromatic carbocycles. The van der Waals surface area contributed by atoms with Crippen molar-refractivity contribution in [3.05, 3.63) is 62.8 Å². The maximum absolute atomic E-state index is 10.8. The Morgan fingerprint density at radius 1 is 0.630 bits per heavy atom. The molecule has 0 radical (unpaired) electrons. The Balaban J connectivity index is -0.000000381. The summed E-state index contributed by atoms with van der Waals surface area (Å²) in [5.41, 5.74) is 0. The molecule has 2 unspecified atom stereocenters. The molecule has 73 heavy (non-hydrogen) atoms. The van der Waals surface area contributed by atoms with Crippen LogP contribution in [0.2, 0.25) is 0 Å². The minimum Gasteiger partial charge on any atom is -0.469 e. The van der Waals surface area contributed by atoms with E-state index in [1.807, 2.05) is 33.8 Å². The van der Waals surface area contributed by atoms with Gasteiger partial charge in [-0.2, -0.15) is 0 Å². The molecule has 3 aliphatic heterocycles. The molecule has 0 aliphatic carbocycles. The molecule has 5 N–H and O–H groups in total. The number of carbonyl (C=O) groups excluding carboxylic acids is 3. The van der Waals surface area contributed by atoms with E-state index in [1.165, 1.54) is 20.3 Å². The largest absolute Gasteiger partial charge is 0.469 e. The predicted molar refractivity (Wildman–Crippen MR) is 291 cm³/mol. The van der Waals surface area contributed by atoms with Crippen molar-refractivity contribution >= 4 is 18.2 Å². The number of aliphatic hydroxyl groups is 5.